The Morgan fingerprint density at radius 2 is 2.20 bits per heavy atom. The van der Waals surface area contributed by atoms with Crippen molar-refractivity contribution in [3.8, 4) is 0 Å². The van der Waals surface area contributed by atoms with Crippen LogP contribution in [0.4, 0.5) is 10.8 Å². The van der Waals surface area contributed by atoms with Crippen LogP contribution in [0.5, 0.6) is 0 Å². The Kier molecular flexibility index (Phi) is 4.68. The fourth-order valence-corrected chi connectivity index (χ4v) is 2.49. The number of anilines is 2. The van der Waals surface area contributed by atoms with Gasteiger partial charge in [0.25, 0.3) is 5.91 Å². The smallest absolute Gasteiger partial charge is 0.259 e. The van der Waals surface area contributed by atoms with Crippen LogP contribution in [0, 0.1) is 13.8 Å². The number of carbonyl (C=O) groups excluding carboxylic acids is 1. The number of hydrogen-bond acceptors (Lipinski definition) is 5. The molecule has 106 valence electrons. The van der Waals surface area contributed by atoms with Crippen molar-refractivity contribution in [2.45, 2.75) is 27.2 Å². The van der Waals surface area contributed by atoms with E-state index in [1.807, 2.05) is 13.8 Å². The largest absolute Gasteiger partial charge is 0.383 e. The van der Waals surface area contributed by atoms with Gasteiger partial charge in [-0.3, -0.25) is 15.1 Å². The monoisotopic (exact) mass is 290 g/mol. The van der Waals surface area contributed by atoms with E-state index in [9.17, 15) is 4.79 Å². The van der Waals surface area contributed by atoms with Gasteiger partial charge in [-0.05, 0) is 26.3 Å². The van der Waals surface area contributed by atoms with Gasteiger partial charge in [-0.1, -0.05) is 6.92 Å². The lowest BCUT2D eigenvalue weighted by atomic mass is 10.2. The van der Waals surface area contributed by atoms with Crippen LogP contribution in [0.1, 0.15) is 34.3 Å². The number of pyridine rings is 1. The Morgan fingerprint density at radius 3 is 2.85 bits per heavy atom. The zero-order valence-corrected chi connectivity index (χ0v) is 12.7. The zero-order chi connectivity index (χ0) is 14.5. The van der Waals surface area contributed by atoms with Crippen molar-refractivity contribution in [3.63, 3.8) is 0 Å². The number of carbonyl (C=O) groups is 1. The molecule has 0 aromatic carbocycles. The maximum Gasteiger partial charge on any atom is 0.259 e. The lowest BCUT2D eigenvalue weighted by molar-refractivity contribution is 0.102. The van der Waals surface area contributed by atoms with E-state index >= 15 is 0 Å². The summed E-state index contributed by atoms with van der Waals surface area (Å²) in [6.07, 6.45) is 4.27. The van der Waals surface area contributed by atoms with Crippen LogP contribution in [0.15, 0.2) is 18.5 Å². The molecule has 2 aromatic rings. The highest BCUT2D eigenvalue weighted by Crippen LogP contribution is 2.23. The molecule has 0 saturated heterocycles. The van der Waals surface area contributed by atoms with E-state index in [0.29, 0.717) is 10.7 Å². The summed E-state index contributed by atoms with van der Waals surface area (Å²) in [6, 6.07) is 1.71. The molecule has 0 bridgehead atoms. The Hall–Kier alpha value is -1.95. The third-order valence-electron chi connectivity index (χ3n) is 2.88. The molecule has 2 heterocycles. The second-order valence-corrected chi connectivity index (χ2v) is 5.67. The van der Waals surface area contributed by atoms with E-state index in [0.717, 1.165) is 29.2 Å². The summed E-state index contributed by atoms with van der Waals surface area (Å²) >= 11 is 1.48. The standard InChI is InChI=1S/C14H18N4OS/c1-4-6-16-12-8-15-7-5-11(12)13(19)18-14-17-9(2)10(3)20-14/h5,7-8,16H,4,6H2,1-3H3,(H,17,18,19). The Morgan fingerprint density at radius 1 is 1.40 bits per heavy atom. The lowest BCUT2D eigenvalue weighted by Gasteiger charge is -2.09. The van der Waals surface area contributed by atoms with Crippen molar-refractivity contribution in [2.24, 2.45) is 0 Å². The first-order valence-electron chi connectivity index (χ1n) is 6.55. The zero-order valence-electron chi connectivity index (χ0n) is 11.9. The predicted molar refractivity (Wildman–Crippen MR) is 82.6 cm³/mol. The van der Waals surface area contributed by atoms with Crippen molar-refractivity contribution in [2.75, 3.05) is 17.2 Å². The van der Waals surface area contributed by atoms with Crippen LogP contribution in [0.25, 0.3) is 0 Å². The summed E-state index contributed by atoms with van der Waals surface area (Å²) in [6.45, 7) is 6.80. The Balaban J connectivity index is 2.16. The van der Waals surface area contributed by atoms with Crippen molar-refractivity contribution in [3.05, 3.63) is 34.6 Å². The van der Waals surface area contributed by atoms with Gasteiger partial charge in [-0.2, -0.15) is 0 Å². The van der Waals surface area contributed by atoms with Gasteiger partial charge in [0, 0.05) is 17.6 Å². The number of rotatable bonds is 5. The number of nitrogens with zero attached hydrogens (tertiary/aromatic N) is 2. The molecular formula is C14H18N4OS. The third-order valence-corrected chi connectivity index (χ3v) is 3.87. The number of aryl methyl sites for hydroxylation is 2. The Labute approximate surface area is 122 Å². The van der Waals surface area contributed by atoms with Crippen molar-refractivity contribution in [1.29, 1.82) is 0 Å². The second-order valence-electron chi connectivity index (χ2n) is 4.46. The molecule has 2 aromatic heterocycles. The molecule has 0 radical (unpaired) electrons. The number of hydrogen-bond donors (Lipinski definition) is 2. The number of nitrogens with one attached hydrogen (secondary N) is 2. The minimum Gasteiger partial charge on any atom is -0.383 e. The van der Waals surface area contributed by atoms with E-state index in [1.54, 1.807) is 18.5 Å². The SMILES string of the molecule is CCCNc1cnccc1C(=O)Nc1nc(C)c(C)s1. The van der Waals surface area contributed by atoms with Crippen molar-refractivity contribution >= 4 is 28.1 Å². The van der Waals surface area contributed by atoms with Crippen LogP contribution in [0.3, 0.4) is 0 Å². The summed E-state index contributed by atoms with van der Waals surface area (Å²) in [5, 5.41) is 6.67. The van der Waals surface area contributed by atoms with E-state index in [1.165, 1.54) is 11.3 Å². The molecule has 0 aliphatic carbocycles. The van der Waals surface area contributed by atoms with E-state index < -0.39 is 0 Å². The maximum atomic E-state index is 12.3. The molecule has 2 N–H and O–H groups in total. The van der Waals surface area contributed by atoms with Gasteiger partial charge in [0.2, 0.25) is 0 Å². The molecule has 5 nitrogen and oxygen atoms in total. The summed E-state index contributed by atoms with van der Waals surface area (Å²) in [4.78, 5) is 21.8. The van der Waals surface area contributed by atoms with Gasteiger partial charge < -0.3 is 5.32 Å². The summed E-state index contributed by atoms with van der Waals surface area (Å²) in [5.41, 5.74) is 2.28. The minimum absolute atomic E-state index is 0.167. The van der Waals surface area contributed by atoms with Gasteiger partial charge in [-0.25, -0.2) is 4.98 Å². The first-order valence-corrected chi connectivity index (χ1v) is 7.36. The summed E-state index contributed by atoms with van der Waals surface area (Å²) in [7, 11) is 0. The average Bonchev–Trinajstić information content (AvgIpc) is 2.75. The molecule has 0 fully saturated rings. The normalized spacial score (nSPS) is 10.3. The van der Waals surface area contributed by atoms with Crippen molar-refractivity contribution < 1.29 is 4.79 Å². The minimum atomic E-state index is -0.167. The topological polar surface area (TPSA) is 66.9 Å². The molecule has 0 aliphatic rings. The van der Waals surface area contributed by atoms with Crippen LogP contribution in [-0.4, -0.2) is 22.4 Å². The first-order chi connectivity index (χ1) is 9.61. The summed E-state index contributed by atoms with van der Waals surface area (Å²) in [5.74, 6) is -0.167. The number of thiazole rings is 1. The predicted octanol–water partition coefficient (Wildman–Crippen LogP) is 3.23. The molecule has 0 saturated carbocycles. The van der Waals surface area contributed by atoms with Crippen LogP contribution in [-0.2, 0) is 0 Å². The third kappa shape index (κ3) is 3.33. The molecule has 1 amide bonds. The fraction of sp³-hybridized carbons (Fsp3) is 0.357. The van der Waals surface area contributed by atoms with Crippen LogP contribution in [0.2, 0.25) is 0 Å². The van der Waals surface area contributed by atoms with Gasteiger partial charge in [0.15, 0.2) is 5.13 Å². The first kappa shape index (κ1) is 14.5. The maximum absolute atomic E-state index is 12.3. The second kappa shape index (κ2) is 6.47. The fourth-order valence-electron chi connectivity index (χ4n) is 1.68. The number of amides is 1. The van der Waals surface area contributed by atoms with Crippen LogP contribution >= 0.6 is 11.3 Å². The number of aromatic nitrogens is 2. The van der Waals surface area contributed by atoms with E-state index in [2.05, 4.69) is 27.5 Å². The molecule has 0 aliphatic heterocycles. The van der Waals surface area contributed by atoms with E-state index in [-0.39, 0.29) is 5.91 Å². The van der Waals surface area contributed by atoms with Gasteiger partial charge >= 0.3 is 0 Å². The average molecular weight is 290 g/mol. The molecule has 0 atom stereocenters. The highest BCUT2D eigenvalue weighted by atomic mass is 32.1. The molecule has 6 heteroatoms. The van der Waals surface area contributed by atoms with Gasteiger partial charge in [-0.15, -0.1) is 11.3 Å². The highest BCUT2D eigenvalue weighted by molar-refractivity contribution is 7.15. The molecule has 0 unspecified atom stereocenters. The molecule has 20 heavy (non-hydrogen) atoms. The van der Waals surface area contributed by atoms with E-state index in [4.69, 9.17) is 0 Å². The highest BCUT2D eigenvalue weighted by Gasteiger charge is 2.13. The van der Waals surface area contributed by atoms with Gasteiger partial charge in [0.05, 0.1) is 23.1 Å². The van der Waals surface area contributed by atoms with Crippen LogP contribution < -0.4 is 10.6 Å². The Bertz CT molecular complexity index is 589. The summed E-state index contributed by atoms with van der Waals surface area (Å²) < 4.78 is 0. The molecule has 0 spiro atoms. The molecular weight excluding hydrogens is 272 g/mol. The van der Waals surface area contributed by atoms with Crippen molar-refractivity contribution in [1.82, 2.24) is 9.97 Å². The lowest BCUT2D eigenvalue weighted by Crippen LogP contribution is -2.15. The quantitative estimate of drug-likeness (QED) is 0.887. The van der Waals surface area contributed by atoms with Gasteiger partial charge in [0.1, 0.15) is 0 Å². The molecule has 2 rings (SSSR count).